The predicted molar refractivity (Wildman–Crippen MR) is 176 cm³/mol. The summed E-state index contributed by atoms with van der Waals surface area (Å²) in [4.78, 5) is 39.2. The lowest BCUT2D eigenvalue weighted by molar-refractivity contribution is -0.207. The number of hydrogen-bond donors (Lipinski definition) is 1. The predicted octanol–water partition coefficient (Wildman–Crippen LogP) is 6.35. The fourth-order valence-electron chi connectivity index (χ4n) is 9.88. The lowest BCUT2D eigenvalue weighted by atomic mass is 9.45. The Balaban J connectivity index is 1.39. The van der Waals surface area contributed by atoms with Gasteiger partial charge in [-0.25, -0.2) is 4.68 Å². The average molecular weight is 649 g/mol. The van der Waals surface area contributed by atoms with Crippen molar-refractivity contribution in [3.05, 3.63) is 59.4 Å². The van der Waals surface area contributed by atoms with Crippen molar-refractivity contribution in [1.82, 2.24) is 9.78 Å². The Morgan fingerprint density at radius 2 is 1.93 bits per heavy atom. The molecule has 0 bridgehead atoms. The van der Waals surface area contributed by atoms with Crippen molar-refractivity contribution < 1.29 is 29.0 Å². The molecule has 1 N–H and O–H groups in total. The summed E-state index contributed by atoms with van der Waals surface area (Å²) in [7, 11) is 0. The summed E-state index contributed by atoms with van der Waals surface area (Å²) in [6, 6.07) is 8.09. The van der Waals surface area contributed by atoms with Crippen molar-refractivity contribution in [1.29, 1.82) is 0 Å². The van der Waals surface area contributed by atoms with E-state index in [1.165, 1.54) is 5.57 Å². The van der Waals surface area contributed by atoms with Crippen LogP contribution in [0, 0.1) is 34.5 Å². The molecule has 46 heavy (non-hydrogen) atoms. The fourth-order valence-corrected chi connectivity index (χ4v) is 10.4. The number of rotatable bonds is 8. The van der Waals surface area contributed by atoms with Crippen LogP contribution in [0.1, 0.15) is 83.5 Å². The zero-order valence-corrected chi connectivity index (χ0v) is 28.2. The molecule has 6 rings (SSSR count). The molecule has 4 aliphatic rings. The van der Waals surface area contributed by atoms with Crippen LogP contribution in [0.15, 0.2) is 42.6 Å². The number of carbonyl (C=O) groups is 3. The third kappa shape index (κ3) is 4.73. The number of hydrogen-bond acceptors (Lipinski definition) is 7. The fraction of sp³-hybridized carbons (Fsp3) is 0.568. The molecule has 9 heteroatoms. The molecular formula is C37H45ClN2O6. The van der Waals surface area contributed by atoms with Gasteiger partial charge >= 0.3 is 11.9 Å². The first-order valence-corrected chi connectivity index (χ1v) is 17.0. The summed E-state index contributed by atoms with van der Waals surface area (Å²) >= 11 is 7.39. The summed E-state index contributed by atoms with van der Waals surface area (Å²) < 4.78 is 13.5. The summed E-state index contributed by atoms with van der Waals surface area (Å²) in [6.45, 7) is 12.9. The summed E-state index contributed by atoms with van der Waals surface area (Å²) in [5.74, 6) is -2.16. The minimum atomic E-state index is -1.54. The van der Waals surface area contributed by atoms with E-state index in [0.29, 0.717) is 19.3 Å². The van der Waals surface area contributed by atoms with E-state index in [9.17, 15) is 19.5 Å². The molecule has 1 heterocycles. The van der Waals surface area contributed by atoms with Crippen LogP contribution in [-0.4, -0.2) is 56.3 Å². The second kappa shape index (κ2) is 11.8. The number of benzene rings is 1. The Labute approximate surface area is 276 Å². The van der Waals surface area contributed by atoms with Crippen molar-refractivity contribution in [2.75, 3.05) is 6.61 Å². The molecule has 8 nitrogen and oxygen atoms in total. The van der Waals surface area contributed by atoms with Gasteiger partial charge in [0, 0.05) is 29.6 Å². The number of alkyl halides is 1. The minimum absolute atomic E-state index is 0.0991. The Morgan fingerprint density at radius 3 is 2.63 bits per heavy atom. The number of carbonyl (C=O) groups excluding carboxylic acids is 3. The molecule has 2 aromatic rings. The lowest BCUT2D eigenvalue weighted by Gasteiger charge is -2.61. The third-order valence-electron chi connectivity index (χ3n) is 11.9. The van der Waals surface area contributed by atoms with E-state index in [1.54, 1.807) is 13.8 Å². The first-order valence-electron chi connectivity index (χ1n) is 16.6. The van der Waals surface area contributed by atoms with Gasteiger partial charge in [0.1, 0.15) is 0 Å². The number of ketones is 1. The third-order valence-corrected chi connectivity index (χ3v) is 12.4. The van der Waals surface area contributed by atoms with E-state index in [4.69, 9.17) is 26.2 Å². The van der Waals surface area contributed by atoms with E-state index >= 15 is 0 Å². The van der Waals surface area contributed by atoms with E-state index < -0.39 is 41.4 Å². The van der Waals surface area contributed by atoms with Gasteiger partial charge in [0.2, 0.25) is 5.78 Å². The van der Waals surface area contributed by atoms with E-state index in [0.717, 1.165) is 22.5 Å². The largest absolute Gasteiger partial charge is 0.457 e. The Hall–Kier alpha value is -3.23. The molecule has 0 amide bonds. The molecule has 246 valence electrons. The maximum Gasteiger partial charge on any atom is 0.306 e. The second-order valence-corrected chi connectivity index (χ2v) is 14.8. The molecule has 0 saturated heterocycles. The van der Waals surface area contributed by atoms with Gasteiger partial charge in [0.25, 0.3) is 0 Å². The number of ether oxygens (including phenoxy) is 2. The number of allylic oxidation sites excluding steroid dienone is 1. The van der Waals surface area contributed by atoms with Crippen LogP contribution in [-0.2, 0) is 30.3 Å². The highest BCUT2D eigenvalue weighted by Gasteiger charge is 2.74. The monoisotopic (exact) mass is 648 g/mol. The Kier molecular flexibility index (Phi) is 8.37. The van der Waals surface area contributed by atoms with Crippen LogP contribution in [0.4, 0.5) is 0 Å². The number of Topliss-reactive ketones (excluding diaryl/α,β-unsaturated/α-hetero) is 1. The Morgan fingerprint density at radius 1 is 1.20 bits per heavy atom. The molecule has 0 aliphatic heterocycles. The highest BCUT2D eigenvalue weighted by molar-refractivity contribution is 6.21. The number of halogens is 1. The first kappa shape index (κ1) is 32.7. The van der Waals surface area contributed by atoms with Gasteiger partial charge in [0.05, 0.1) is 23.7 Å². The van der Waals surface area contributed by atoms with Gasteiger partial charge in [-0.1, -0.05) is 65.0 Å². The molecule has 3 fully saturated rings. The number of aliphatic hydroxyl groups is 1. The van der Waals surface area contributed by atoms with Crippen molar-refractivity contribution in [3.63, 3.8) is 0 Å². The molecular weight excluding hydrogens is 604 g/mol. The highest BCUT2D eigenvalue weighted by atomic mass is 35.5. The van der Waals surface area contributed by atoms with Crippen LogP contribution in [0.2, 0.25) is 0 Å². The van der Waals surface area contributed by atoms with Crippen LogP contribution in [0.5, 0.6) is 0 Å². The molecule has 3 saturated carbocycles. The standard InChI is InChI=1S/C37H45ClN2O6/c1-7-22-11-10-12-25(14-22)40-28-16-24-15-27(38)33-26-13-21(4)37(46-32(44)9-3,30(42)20-45-31(43)8-2)36(26,6)18-29(41)34(33)35(24,5)17-23(28)19-39-40/h7,10-12,14,16,19,21,26-27,29,33-34,41H,1,8-9,13,15,17-18,20H2,2-6H3/t21-,26+,27-,29+,33-,34+,35+,36+,37+/m1/s1. The van der Waals surface area contributed by atoms with Crippen molar-refractivity contribution >= 4 is 41.5 Å². The molecule has 0 spiro atoms. The Bertz CT molecular complexity index is 1610. The van der Waals surface area contributed by atoms with Crippen LogP contribution in [0.3, 0.4) is 0 Å². The maximum atomic E-state index is 14.2. The van der Waals surface area contributed by atoms with Gasteiger partial charge in [-0.05, 0) is 78.2 Å². The normalized spacial score (nSPS) is 35.9. The zero-order valence-electron chi connectivity index (χ0n) is 27.4. The quantitative estimate of drug-likeness (QED) is 0.263. The van der Waals surface area contributed by atoms with Gasteiger partial charge in [-0.2, -0.15) is 5.10 Å². The van der Waals surface area contributed by atoms with Crippen molar-refractivity contribution in [2.24, 2.45) is 34.5 Å². The zero-order chi connectivity index (χ0) is 33.2. The van der Waals surface area contributed by atoms with E-state index in [2.05, 4.69) is 25.6 Å². The second-order valence-electron chi connectivity index (χ2n) is 14.3. The number of aromatic nitrogens is 2. The van der Waals surface area contributed by atoms with Crippen molar-refractivity contribution in [2.45, 2.75) is 90.2 Å². The minimum Gasteiger partial charge on any atom is -0.457 e. The molecule has 4 aliphatic carbocycles. The van der Waals surface area contributed by atoms with Gasteiger partial charge in [-0.3, -0.25) is 14.4 Å². The summed E-state index contributed by atoms with van der Waals surface area (Å²) in [6.07, 6.45) is 7.61. The number of fused-ring (bicyclic) bond motifs is 6. The molecule has 0 unspecified atom stereocenters. The van der Waals surface area contributed by atoms with Crippen LogP contribution >= 0.6 is 11.6 Å². The number of aliphatic hydroxyl groups excluding tert-OH is 1. The molecule has 1 aromatic heterocycles. The topological polar surface area (TPSA) is 108 Å². The lowest BCUT2D eigenvalue weighted by Crippen LogP contribution is -2.66. The average Bonchev–Trinajstić information content (AvgIpc) is 3.53. The van der Waals surface area contributed by atoms with Crippen molar-refractivity contribution in [3.8, 4) is 5.69 Å². The van der Waals surface area contributed by atoms with Gasteiger partial charge < -0.3 is 14.6 Å². The van der Waals surface area contributed by atoms with Crippen LogP contribution in [0.25, 0.3) is 17.8 Å². The number of nitrogens with zero attached hydrogens (tertiary/aromatic N) is 2. The van der Waals surface area contributed by atoms with Gasteiger partial charge in [-0.15, -0.1) is 11.6 Å². The molecule has 9 atom stereocenters. The SMILES string of the molecule is C=Cc1cccc(-n2ncc3c2C=C2C[C@@H](Cl)[C@@H]4[C@H]([C@@H](O)C[C@@]5(C)[C@H]4C[C@@H](C)[C@]5(OC(=O)CC)C(=O)COC(=O)CC)[C@@]2(C)C3)c1. The summed E-state index contributed by atoms with van der Waals surface area (Å²) in [5, 5.41) is 16.7. The van der Waals surface area contributed by atoms with E-state index in [-0.39, 0.29) is 53.7 Å². The number of esters is 2. The molecule has 1 aromatic carbocycles. The summed E-state index contributed by atoms with van der Waals surface area (Å²) in [5.41, 5.74) is 2.48. The highest BCUT2D eigenvalue weighted by Crippen LogP contribution is 2.70. The van der Waals surface area contributed by atoms with Gasteiger partial charge in [0.15, 0.2) is 12.2 Å². The maximum absolute atomic E-state index is 14.2. The molecule has 0 radical (unpaired) electrons. The van der Waals surface area contributed by atoms with Crippen LogP contribution < -0.4 is 0 Å². The smallest absolute Gasteiger partial charge is 0.306 e. The van der Waals surface area contributed by atoms with E-state index in [1.807, 2.05) is 49.0 Å². The first-order chi connectivity index (χ1) is 21.8.